The fraction of sp³-hybridized carbons (Fsp3) is 0.542. The largest absolute Gasteiger partial charge is 0.462 e. The molecule has 0 rings (SSSR count). The molecule has 0 aromatic carbocycles. The van der Waals surface area contributed by atoms with Gasteiger partial charge in [0.2, 0.25) is 0 Å². The van der Waals surface area contributed by atoms with Crippen molar-refractivity contribution in [3.63, 3.8) is 0 Å². The topological polar surface area (TPSA) is 78.9 Å². The summed E-state index contributed by atoms with van der Waals surface area (Å²) in [6, 6.07) is 0. The average molecular weight is 1070 g/mol. The van der Waals surface area contributed by atoms with Gasteiger partial charge in [-0.1, -0.05) is 248 Å². The molecule has 0 aliphatic carbocycles. The first-order valence-electron chi connectivity index (χ1n) is 30.8. The van der Waals surface area contributed by atoms with E-state index in [2.05, 4.69) is 191 Å². The van der Waals surface area contributed by atoms with Crippen LogP contribution in [0.2, 0.25) is 0 Å². The number of unbranched alkanes of at least 4 members (excludes halogenated alkanes) is 12. The summed E-state index contributed by atoms with van der Waals surface area (Å²) in [4.78, 5) is 38.2. The third kappa shape index (κ3) is 61.4. The van der Waals surface area contributed by atoms with Crippen LogP contribution in [-0.4, -0.2) is 37.2 Å². The molecule has 6 heteroatoms. The number of carbonyl (C=O) groups is 3. The Balaban J connectivity index is 4.58. The van der Waals surface area contributed by atoms with Gasteiger partial charge in [-0.15, -0.1) is 0 Å². The lowest BCUT2D eigenvalue weighted by atomic mass is 10.1. The van der Waals surface area contributed by atoms with Gasteiger partial charge in [0, 0.05) is 19.3 Å². The molecule has 0 saturated carbocycles. The molecule has 0 aromatic rings. The van der Waals surface area contributed by atoms with Crippen LogP contribution in [0.5, 0.6) is 0 Å². The first-order chi connectivity index (χ1) is 38.5. The van der Waals surface area contributed by atoms with E-state index in [1.165, 1.54) is 44.9 Å². The Morgan fingerprint density at radius 1 is 0.269 bits per heavy atom. The van der Waals surface area contributed by atoms with Crippen molar-refractivity contribution in [3.8, 4) is 0 Å². The minimum absolute atomic E-state index is 0.136. The Hall–Kier alpha value is -5.49. The SMILES string of the molecule is CC/C=C\C/C=C\C/C=C\C/C=C\C/C=C\C/C=C\C/C=C\C/C=C\CCCCC(=O)OCC(COC(=O)CCCCCCC/C=C\CCCCCCC)OC(=O)CC/C=C\C/C=C\C/C=C\C/C=C\C/C=C\C/C=C\CC. The summed E-state index contributed by atoms with van der Waals surface area (Å²) in [5.74, 6) is -1.08. The van der Waals surface area contributed by atoms with Gasteiger partial charge in [0.15, 0.2) is 6.10 Å². The molecule has 0 N–H and O–H groups in total. The minimum atomic E-state index is -0.851. The number of ether oxygens (including phenoxy) is 3. The molecular formula is C72H110O6. The lowest BCUT2D eigenvalue weighted by molar-refractivity contribution is -0.166. The molecule has 434 valence electrons. The van der Waals surface area contributed by atoms with Gasteiger partial charge in [-0.05, 0) is 148 Å². The van der Waals surface area contributed by atoms with Crippen LogP contribution in [0.1, 0.15) is 233 Å². The summed E-state index contributed by atoms with van der Waals surface area (Å²) < 4.78 is 16.8. The van der Waals surface area contributed by atoms with Gasteiger partial charge in [0.25, 0.3) is 0 Å². The molecule has 1 unspecified atom stereocenters. The van der Waals surface area contributed by atoms with E-state index in [0.717, 1.165) is 135 Å². The van der Waals surface area contributed by atoms with Crippen LogP contribution in [0, 0.1) is 0 Å². The molecule has 0 radical (unpaired) electrons. The van der Waals surface area contributed by atoms with Gasteiger partial charge in [0.1, 0.15) is 13.2 Å². The molecule has 0 saturated heterocycles. The summed E-state index contributed by atoms with van der Waals surface area (Å²) in [5, 5.41) is 0. The Morgan fingerprint density at radius 2 is 0.526 bits per heavy atom. The lowest BCUT2D eigenvalue weighted by Gasteiger charge is -2.18. The third-order valence-electron chi connectivity index (χ3n) is 12.1. The molecule has 0 aliphatic heterocycles. The highest BCUT2D eigenvalue weighted by atomic mass is 16.6. The second kappa shape index (κ2) is 64.0. The average Bonchev–Trinajstić information content (AvgIpc) is 3.44. The van der Waals surface area contributed by atoms with Crippen LogP contribution in [0.3, 0.4) is 0 Å². The van der Waals surface area contributed by atoms with Crippen molar-refractivity contribution in [2.75, 3.05) is 13.2 Å². The maximum atomic E-state index is 12.9. The quantitative estimate of drug-likeness (QED) is 0.0261. The lowest BCUT2D eigenvalue weighted by Crippen LogP contribution is -2.30. The van der Waals surface area contributed by atoms with Gasteiger partial charge in [-0.25, -0.2) is 0 Å². The second-order valence-corrected chi connectivity index (χ2v) is 19.5. The maximum absolute atomic E-state index is 12.9. The zero-order chi connectivity index (χ0) is 56.4. The first-order valence-corrected chi connectivity index (χ1v) is 30.8. The van der Waals surface area contributed by atoms with Crippen LogP contribution in [0.25, 0.3) is 0 Å². The van der Waals surface area contributed by atoms with E-state index in [1.54, 1.807) is 0 Å². The van der Waals surface area contributed by atoms with E-state index in [0.29, 0.717) is 19.3 Å². The van der Waals surface area contributed by atoms with Crippen molar-refractivity contribution in [2.45, 2.75) is 239 Å². The van der Waals surface area contributed by atoms with E-state index >= 15 is 0 Å². The zero-order valence-corrected chi connectivity index (χ0v) is 49.6. The number of rotatable bonds is 53. The first kappa shape index (κ1) is 72.5. The fourth-order valence-corrected chi connectivity index (χ4v) is 7.59. The highest BCUT2D eigenvalue weighted by Crippen LogP contribution is 2.12. The van der Waals surface area contributed by atoms with Crippen molar-refractivity contribution in [1.82, 2.24) is 0 Å². The van der Waals surface area contributed by atoms with E-state index in [9.17, 15) is 14.4 Å². The number of hydrogen-bond acceptors (Lipinski definition) is 6. The molecule has 78 heavy (non-hydrogen) atoms. The summed E-state index contributed by atoms with van der Waals surface area (Å²) in [6.45, 7) is 6.28. The van der Waals surface area contributed by atoms with Crippen LogP contribution in [-0.2, 0) is 28.6 Å². The Bertz CT molecular complexity index is 1850. The summed E-state index contributed by atoms with van der Waals surface area (Å²) >= 11 is 0. The summed E-state index contributed by atoms with van der Waals surface area (Å²) in [5.41, 5.74) is 0. The highest BCUT2D eigenvalue weighted by molar-refractivity contribution is 5.71. The number of carbonyl (C=O) groups excluding carboxylic acids is 3. The monoisotopic (exact) mass is 1070 g/mol. The van der Waals surface area contributed by atoms with Crippen molar-refractivity contribution in [2.24, 2.45) is 0 Å². The highest BCUT2D eigenvalue weighted by Gasteiger charge is 2.19. The summed E-state index contributed by atoms with van der Waals surface area (Å²) in [6.07, 6.45) is 96.2. The molecule has 6 nitrogen and oxygen atoms in total. The fourth-order valence-electron chi connectivity index (χ4n) is 7.59. The van der Waals surface area contributed by atoms with E-state index in [4.69, 9.17) is 14.2 Å². The minimum Gasteiger partial charge on any atom is -0.462 e. The maximum Gasteiger partial charge on any atom is 0.306 e. The van der Waals surface area contributed by atoms with Crippen LogP contribution >= 0.6 is 0 Å². The number of allylic oxidation sites excluding steroid dienone is 30. The molecule has 0 amide bonds. The van der Waals surface area contributed by atoms with Crippen molar-refractivity contribution < 1.29 is 28.6 Å². The molecule has 0 bridgehead atoms. The van der Waals surface area contributed by atoms with Crippen LogP contribution in [0.15, 0.2) is 182 Å². The van der Waals surface area contributed by atoms with Crippen LogP contribution in [0.4, 0.5) is 0 Å². The Labute approximate surface area is 478 Å². The van der Waals surface area contributed by atoms with Crippen molar-refractivity contribution in [3.05, 3.63) is 182 Å². The molecule has 0 aliphatic rings. The van der Waals surface area contributed by atoms with Gasteiger partial charge >= 0.3 is 17.9 Å². The van der Waals surface area contributed by atoms with Gasteiger partial charge in [0.05, 0.1) is 0 Å². The van der Waals surface area contributed by atoms with Crippen LogP contribution < -0.4 is 0 Å². The molecule has 0 spiro atoms. The Kier molecular flexibility index (Phi) is 59.5. The Morgan fingerprint density at radius 3 is 0.872 bits per heavy atom. The van der Waals surface area contributed by atoms with E-state index in [-0.39, 0.29) is 38.0 Å². The predicted octanol–water partition coefficient (Wildman–Crippen LogP) is 21.3. The second-order valence-electron chi connectivity index (χ2n) is 19.5. The smallest absolute Gasteiger partial charge is 0.306 e. The van der Waals surface area contributed by atoms with Crippen molar-refractivity contribution in [1.29, 1.82) is 0 Å². The van der Waals surface area contributed by atoms with Gasteiger partial charge in [-0.3, -0.25) is 14.4 Å². The van der Waals surface area contributed by atoms with E-state index < -0.39 is 12.1 Å². The normalized spacial score (nSPS) is 13.4. The molecule has 1 atom stereocenters. The van der Waals surface area contributed by atoms with Gasteiger partial charge in [-0.2, -0.15) is 0 Å². The van der Waals surface area contributed by atoms with Crippen molar-refractivity contribution >= 4 is 17.9 Å². The standard InChI is InChI=1S/C72H110O6/c1-4-7-10-13-16-19-22-25-28-30-32-33-34-35-36-37-38-39-41-42-44-47-50-53-56-59-62-65-71(74)77-68-69(67-76-70(73)64-61-58-55-52-49-46-27-24-21-18-15-12-9-6-3)78-72(75)66-63-60-57-54-51-48-45-43-40-31-29-26-23-20-17-14-11-8-5-2/h7-8,10-11,16-17,19-20,24-29,32-33,35-36,38-40,42-44,48,50-51,53,57,60,69H,4-6,9,12-15,18,21-23,30-31,34,37,41,45-47,49,52,54-56,58-59,61-68H2,1-3H3/b10-7-,11-8-,19-16-,20-17-,27-24-,28-25-,29-26-,33-32-,36-35-,39-38-,43-40-,44-42-,51-48-,53-50-,60-57-. The molecule has 0 fully saturated rings. The predicted molar refractivity (Wildman–Crippen MR) is 338 cm³/mol. The molecule has 0 heterocycles. The number of esters is 3. The molecule has 0 aromatic heterocycles. The molecular weight excluding hydrogens is 961 g/mol. The number of hydrogen-bond donors (Lipinski definition) is 0. The van der Waals surface area contributed by atoms with Gasteiger partial charge < -0.3 is 14.2 Å². The third-order valence-corrected chi connectivity index (χ3v) is 12.1. The van der Waals surface area contributed by atoms with E-state index in [1.807, 2.05) is 12.2 Å². The zero-order valence-electron chi connectivity index (χ0n) is 49.6. The summed E-state index contributed by atoms with van der Waals surface area (Å²) in [7, 11) is 0.